The highest BCUT2D eigenvalue weighted by molar-refractivity contribution is 5.84. The summed E-state index contributed by atoms with van der Waals surface area (Å²) < 4.78 is 0. The van der Waals surface area contributed by atoms with E-state index in [-0.39, 0.29) is 6.10 Å². The maximum absolute atomic E-state index is 5.68. The summed E-state index contributed by atoms with van der Waals surface area (Å²) in [6, 6.07) is 0. The van der Waals surface area contributed by atoms with Crippen LogP contribution in [0.3, 0.4) is 0 Å². The third kappa shape index (κ3) is 0.988. The number of amidine groups is 1. The highest BCUT2D eigenvalue weighted by atomic mass is 16.6. The molecule has 2 aliphatic rings. The molecule has 11 heavy (non-hydrogen) atoms. The first-order valence-corrected chi connectivity index (χ1v) is 4.28. The molecule has 0 aromatic rings. The Morgan fingerprint density at radius 2 is 2.36 bits per heavy atom. The van der Waals surface area contributed by atoms with Crippen molar-refractivity contribution in [2.24, 2.45) is 22.7 Å². The Kier molecular flexibility index (Phi) is 1.51. The van der Waals surface area contributed by atoms with E-state index < -0.39 is 0 Å². The monoisotopic (exact) mass is 154 g/mol. The van der Waals surface area contributed by atoms with Gasteiger partial charge in [0.2, 0.25) is 0 Å². The van der Waals surface area contributed by atoms with Crippen molar-refractivity contribution in [3.05, 3.63) is 0 Å². The molecule has 2 N–H and O–H groups in total. The zero-order valence-corrected chi connectivity index (χ0v) is 6.79. The molecule has 3 unspecified atom stereocenters. The summed E-state index contributed by atoms with van der Waals surface area (Å²) in [6.07, 6.45) is 3.96. The maximum atomic E-state index is 5.68. The molecule has 3 nitrogen and oxygen atoms in total. The number of hydrogen-bond acceptors (Lipinski definition) is 3. The summed E-state index contributed by atoms with van der Waals surface area (Å²) in [5, 5.41) is 3.83. The van der Waals surface area contributed by atoms with Crippen molar-refractivity contribution in [1.29, 1.82) is 0 Å². The zero-order valence-electron chi connectivity index (χ0n) is 6.79. The zero-order chi connectivity index (χ0) is 7.84. The van der Waals surface area contributed by atoms with Gasteiger partial charge >= 0.3 is 0 Å². The first-order chi connectivity index (χ1) is 5.29. The van der Waals surface area contributed by atoms with Crippen molar-refractivity contribution in [2.75, 3.05) is 0 Å². The van der Waals surface area contributed by atoms with Crippen molar-refractivity contribution < 1.29 is 4.84 Å². The molecule has 0 bridgehead atoms. The number of oxime groups is 1. The lowest BCUT2D eigenvalue weighted by Gasteiger charge is -2.28. The van der Waals surface area contributed by atoms with Gasteiger partial charge in [0.05, 0.1) is 5.92 Å². The second kappa shape index (κ2) is 2.40. The Labute approximate surface area is 66.6 Å². The lowest BCUT2D eigenvalue weighted by Crippen LogP contribution is -2.35. The van der Waals surface area contributed by atoms with E-state index in [1.165, 1.54) is 12.8 Å². The van der Waals surface area contributed by atoms with Gasteiger partial charge in [-0.05, 0) is 18.8 Å². The molecular formula is C8H14N2O. The average molecular weight is 154 g/mol. The highest BCUT2D eigenvalue weighted by Gasteiger charge is 2.38. The van der Waals surface area contributed by atoms with Crippen LogP contribution < -0.4 is 5.73 Å². The molecule has 3 heteroatoms. The van der Waals surface area contributed by atoms with Gasteiger partial charge in [0, 0.05) is 0 Å². The largest absolute Gasteiger partial charge is 0.390 e. The van der Waals surface area contributed by atoms with Gasteiger partial charge in [-0.1, -0.05) is 18.5 Å². The first-order valence-electron chi connectivity index (χ1n) is 4.28. The van der Waals surface area contributed by atoms with Gasteiger partial charge in [-0.2, -0.15) is 0 Å². The lowest BCUT2D eigenvalue weighted by molar-refractivity contribution is 0.00317. The van der Waals surface area contributed by atoms with Crippen molar-refractivity contribution in [2.45, 2.75) is 32.3 Å². The molecular weight excluding hydrogens is 140 g/mol. The van der Waals surface area contributed by atoms with Crippen LogP contribution in [0.1, 0.15) is 26.2 Å². The Hall–Kier alpha value is -0.730. The number of rotatable bonds is 0. The highest BCUT2D eigenvalue weighted by Crippen LogP contribution is 2.34. The summed E-state index contributed by atoms with van der Waals surface area (Å²) in [4.78, 5) is 5.24. The molecule has 0 spiro atoms. The minimum atomic E-state index is 0.281. The summed E-state index contributed by atoms with van der Waals surface area (Å²) in [6.45, 7) is 2.21. The minimum absolute atomic E-state index is 0.281. The van der Waals surface area contributed by atoms with E-state index in [0.717, 1.165) is 6.42 Å². The van der Waals surface area contributed by atoms with E-state index in [1.807, 2.05) is 0 Å². The fourth-order valence-corrected chi connectivity index (χ4v) is 2.07. The quantitative estimate of drug-likeness (QED) is 0.567. The van der Waals surface area contributed by atoms with E-state index in [9.17, 15) is 0 Å². The summed E-state index contributed by atoms with van der Waals surface area (Å²) >= 11 is 0. The third-order valence-corrected chi connectivity index (χ3v) is 2.79. The van der Waals surface area contributed by atoms with E-state index in [0.29, 0.717) is 17.7 Å². The third-order valence-electron chi connectivity index (χ3n) is 2.79. The van der Waals surface area contributed by atoms with Crippen molar-refractivity contribution >= 4 is 5.84 Å². The fourth-order valence-electron chi connectivity index (χ4n) is 2.07. The molecule has 3 atom stereocenters. The molecule has 1 saturated carbocycles. The van der Waals surface area contributed by atoms with E-state index >= 15 is 0 Å². The van der Waals surface area contributed by atoms with Crippen LogP contribution in [0.5, 0.6) is 0 Å². The molecule has 0 amide bonds. The Bertz CT molecular complexity index is 191. The molecule has 1 aliphatic carbocycles. The predicted octanol–water partition coefficient (Wildman–Crippen LogP) is 1.09. The van der Waals surface area contributed by atoms with E-state index in [2.05, 4.69) is 12.1 Å². The van der Waals surface area contributed by atoms with Crippen molar-refractivity contribution in [3.63, 3.8) is 0 Å². The minimum Gasteiger partial charge on any atom is -0.390 e. The second-order valence-electron chi connectivity index (χ2n) is 3.60. The van der Waals surface area contributed by atoms with Crippen molar-refractivity contribution in [1.82, 2.24) is 0 Å². The maximum Gasteiger partial charge on any atom is 0.146 e. The molecule has 1 aliphatic heterocycles. The predicted molar refractivity (Wildman–Crippen MR) is 43.0 cm³/mol. The van der Waals surface area contributed by atoms with Crippen LogP contribution in [0.2, 0.25) is 0 Å². The number of fused-ring (bicyclic) bond motifs is 1. The Morgan fingerprint density at radius 3 is 3.09 bits per heavy atom. The van der Waals surface area contributed by atoms with Gasteiger partial charge in [0.1, 0.15) is 11.9 Å². The van der Waals surface area contributed by atoms with Crippen LogP contribution in [-0.4, -0.2) is 11.9 Å². The van der Waals surface area contributed by atoms with Crippen LogP contribution in [0, 0.1) is 11.8 Å². The summed E-state index contributed by atoms with van der Waals surface area (Å²) in [7, 11) is 0. The molecule has 62 valence electrons. The van der Waals surface area contributed by atoms with Crippen molar-refractivity contribution in [3.8, 4) is 0 Å². The van der Waals surface area contributed by atoms with E-state index in [1.54, 1.807) is 0 Å². The lowest BCUT2D eigenvalue weighted by atomic mass is 9.79. The second-order valence-corrected chi connectivity index (χ2v) is 3.60. The van der Waals surface area contributed by atoms with Gasteiger partial charge in [-0.3, -0.25) is 0 Å². The van der Waals surface area contributed by atoms with Gasteiger partial charge in [-0.25, -0.2) is 0 Å². The summed E-state index contributed by atoms with van der Waals surface area (Å²) in [5.74, 6) is 1.75. The van der Waals surface area contributed by atoms with Gasteiger partial charge < -0.3 is 10.6 Å². The Balaban J connectivity index is 2.12. The van der Waals surface area contributed by atoms with Crippen LogP contribution in [0.25, 0.3) is 0 Å². The van der Waals surface area contributed by atoms with Crippen LogP contribution in [-0.2, 0) is 4.84 Å². The molecule has 0 aromatic heterocycles. The molecule has 0 aromatic carbocycles. The van der Waals surface area contributed by atoms with Gasteiger partial charge in [-0.15, -0.1) is 0 Å². The van der Waals surface area contributed by atoms with E-state index in [4.69, 9.17) is 10.6 Å². The molecule has 0 saturated heterocycles. The molecule has 1 heterocycles. The molecule has 1 fully saturated rings. The van der Waals surface area contributed by atoms with Crippen LogP contribution in [0.4, 0.5) is 0 Å². The summed E-state index contributed by atoms with van der Waals surface area (Å²) in [5.41, 5.74) is 5.68. The normalized spacial score (nSPS) is 42.6. The van der Waals surface area contributed by atoms with Crippen LogP contribution >= 0.6 is 0 Å². The standard InChI is InChI=1S/C8H14N2O/c1-5-3-2-4-6-7(5)11-10-8(6)9/h5-7H,2-4H2,1H3,(H2,9,10). The molecule has 0 radical (unpaired) electrons. The number of nitrogens with zero attached hydrogens (tertiary/aromatic N) is 1. The topological polar surface area (TPSA) is 47.6 Å². The number of nitrogens with two attached hydrogens (primary N) is 1. The Morgan fingerprint density at radius 1 is 1.55 bits per heavy atom. The smallest absolute Gasteiger partial charge is 0.146 e. The van der Waals surface area contributed by atoms with Crippen LogP contribution in [0.15, 0.2) is 5.16 Å². The fraction of sp³-hybridized carbons (Fsp3) is 0.875. The average Bonchev–Trinajstić information content (AvgIpc) is 2.35. The van der Waals surface area contributed by atoms with Gasteiger partial charge in [0.15, 0.2) is 0 Å². The van der Waals surface area contributed by atoms with Gasteiger partial charge in [0.25, 0.3) is 0 Å². The molecule has 2 rings (SSSR count). The SMILES string of the molecule is CC1CCCC2C(N)=NOC12. The number of hydrogen-bond donors (Lipinski definition) is 1. The first kappa shape index (κ1) is 6.95.